The third-order valence-corrected chi connectivity index (χ3v) is 5.07. The van der Waals surface area contributed by atoms with Gasteiger partial charge in [-0.1, -0.05) is 30.9 Å². The minimum Gasteiger partial charge on any atom is -0.497 e. The molecule has 1 aromatic carbocycles. The number of rotatable bonds is 9. The Bertz CT molecular complexity index is 809. The summed E-state index contributed by atoms with van der Waals surface area (Å²) in [7, 11) is 1.60. The van der Waals surface area contributed by atoms with E-state index in [1.807, 2.05) is 51.1 Å². The predicted octanol–water partition coefficient (Wildman–Crippen LogP) is 4.39. The van der Waals surface area contributed by atoms with Crippen molar-refractivity contribution in [3.05, 3.63) is 54.1 Å². The van der Waals surface area contributed by atoms with Gasteiger partial charge in [0, 0.05) is 6.54 Å². The van der Waals surface area contributed by atoms with Crippen LogP contribution in [0.1, 0.15) is 52.0 Å². The second-order valence-corrected chi connectivity index (χ2v) is 8.80. The van der Waals surface area contributed by atoms with Crippen molar-refractivity contribution < 1.29 is 28.9 Å². The first kappa shape index (κ1) is 25.5. The number of aliphatic hydroxyl groups is 1. The molecular weight excluding hydrogens is 410 g/mol. The molecule has 0 spiro atoms. The van der Waals surface area contributed by atoms with E-state index < -0.39 is 23.8 Å². The van der Waals surface area contributed by atoms with Crippen LogP contribution in [0.3, 0.4) is 0 Å². The summed E-state index contributed by atoms with van der Waals surface area (Å²) in [5.41, 5.74) is 0.883. The van der Waals surface area contributed by atoms with Gasteiger partial charge in [-0.2, -0.15) is 0 Å². The van der Waals surface area contributed by atoms with Crippen LogP contribution in [0.4, 0.5) is 4.79 Å². The van der Waals surface area contributed by atoms with E-state index in [4.69, 9.17) is 14.2 Å². The van der Waals surface area contributed by atoms with E-state index >= 15 is 0 Å². The first-order valence-corrected chi connectivity index (χ1v) is 10.9. The number of hydrogen-bond acceptors (Lipinski definition) is 6. The van der Waals surface area contributed by atoms with Crippen molar-refractivity contribution in [2.75, 3.05) is 13.7 Å². The van der Waals surface area contributed by atoms with Crippen molar-refractivity contribution in [3.8, 4) is 5.75 Å². The largest absolute Gasteiger partial charge is 0.497 e. The second kappa shape index (κ2) is 11.7. The van der Waals surface area contributed by atoms with Gasteiger partial charge in [-0.15, -0.1) is 0 Å². The Hall–Kier alpha value is -2.80. The van der Waals surface area contributed by atoms with Gasteiger partial charge in [0.15, 0.2) is 0 Å². The third kappa shape index (κ3) is 7.71. The molecule has 0 aliphatic heterocycles. The van der Waals surface area contributed by atoms with Gasteiger partial charge < -0.3 is 19.3 Å². The first-order chi connectivity index (χ1) is 15.1. The van der Waals surface area contributed by atoms with E-state index in [1.165, 1.54) is 6.08 Å². The number of carbonyl (C=O) groups is 2. The fraction of sp³-hybridized carbons (Fsp3) is 0.520. The zero-order valence-electron chi connectivity index (χ0n) is 19.5. The summed E-state index contributed by atoms with van der Waals surface area (Å²) in [6, 6.07) is 7.08. The van der Waals surface area contributed by atoms with Crippen LogP contribution < -0.4 is 4.74 Å². The maximum atomic E-state index is 13.2. The van der Waals surface area contributed by atoms with Gasteiger partial charge in [-0.3, -0.25) is 9.69 Å². The fourth-order valence-corrected chi connectivity index (χ4v) is 3.61. The smallest absolute Gasteiger partial charge is 0.411 e. The predicted molar refractivity (Wildman–Crippen MR) is 122 cm³/mol. The zero-order valence-corrected chi connectivity index (χ0v) is 19.5. The number of benzene rings is 1. The van der Waals surface area contributed by atoms with Crippen LogP contribution in [-0.2, 0) is 20.8 Å². The van der Waals surface area contributed by atoms with Crippen molar-refractivity contribution in [1.82, 2.24) is 4.90 Å². The van der Waals surface area contributed by atoms with E-state index in [1.54, 1.807) is 12.0 Å². The van der Waals surface area contributed by atoms with E-state index in [2.05, 4.69) is 6.58 Å². The van der Waals surface area contributed by atoms with E-state index in [0.717, 1.165) is 24.2 Å². The van der Waals surface area contributed by atoms with Crippen LogP contribution >= 0.6 is 0 Å². The summed E-state index contributed by atoms with van der Waals surface area (Å²) in [4.78, 5) is 26.9. The first-order valence-electron chi connectivity index (χ1n) is 10.9. The fourth-order valence-electron chi connectivity index (χ4n) is 3.61. The lowest BCUT2D eigenvalue weighted by Crippen LogP contribution is -2.46. The van der Waals surface area contributed by atoms with E-state index in [-0.39, 0.29) is 19.1 Å². The van der Waals surface area contributed by atoms with Crippen LogP contribution in [-0.4, -0.2) is 53.5 Å². The van der Waals surface area contributed by atoms with Gasteiger partial charge in [-0.05, 0) is 63.3 Å². The number of esters is 1. The number of ether oxygens (including phenoxy) is 3. The van der Waals surface area contributed by atoms with Crippen molar-refractivity contribution in [1.29, 1.82) is 0 Å². The highest BCUT2D eigenvalue weighted by Gasteiger charge is 2.35. The number of nitrogens with zero attached hydrogens (tertiary/aromatic N) is 1. The van der Waals surface area contributed by atoms with Crippen LogP contribution in [0.15, 0.2) is 48.6 Å². The Balaban J connectivity index is 2.28. The van der Waals surface area contributed by atoms with Crippen molar-refractivity contribution >= 4 is 12.1 Å². The van der Waals surface area contributed by atoms with Crippen molar-refractivity contribution in [2.45, 2.75) is 70.7 Å². The maximum Gasteiger partial charge on any atom is 0.411 e. The van der Waals surface area contributed by atoms with E-state index in [9.17, 15) is 14.7 Å². The Morgan fingerprint density at radius 2 is 1.97 bits per heavy atom. The topological polar surface area (TPSA) is 85.3 Å². The lowest BCUT2D eigenvalue weighted by molar-refractivity contribution is -0.144. The number of amides is 1. The van der Waals surface area contributed by atoms with Gasteiger partial charge in [0.2, 0.25) is 0 Å². The van der Waals surface area contributed by atoms with Crippen LogP contribution in [0, 0.1) is 0 Å². The Morgan fingerprint density at radius 3 is 2.56 bits per heavy atom. The number of carbonyl (C=O) groups excluding carboxylic acids is 2. The maximum absolute atomic E-state index is 13.2. The highest BCUT2D eigenvalue weighted by atomic mass is 16.6. The Labute approximate surface area is 190 Å². The summed E-state index contributed by atoms with van der Waals surface area (Å²) < 4.78 is 15.9. The Kier molecular flexibility index (Phi) is 9.32. The van der Waals surface area contributed by atoms with Gasteiger partial charge in [0.05, 0.1) is 25.7 Å². The molecule has 2 atom stereocenters. The van der Waals surface area contributed by atoms with Gasteiger partial charge in [0.25, 0.3) is 0 Å². The molecule has 1 amide bonds. The average Bonchev–Trinajstić information content (AvgIpc) is 2.75. The normalized spacial score (nSPS) is 17.0. The molecule has 1 unspecified atom stereocenters. The van der Waals surface area contributed by atoms with Crippen LogP contribution in [0.25, 0.3) is 0 Å². The molecule has 1 aliphatic carbocycles. The van der Waals surface area contributed by atoms with Gasteiger partial charge >= 0.3 is 12.1 Å². The minimum absolute atomic E-state index is 0.0928. The lowest BCUT2D eigenvalue weighted by atomic mass is 9.88. The van der Waals surface area contributed by atoms with Crippen molar-refractivity contribution in [2.24, 2.45) is 0 Å². The highest BCUT2D eigenvalue weighted by Crippen LogP contribution is 2.30. The highest BCUT2D eigenvalue weighted by molar-refractivity contribution is 5.71. The van der Waals surface area contributed by atoms with Gasteiger partial charge in [-0.25, -0.2) is 4.79 Å². The summed E-state index contributed by atoms with van der Waals surface area (Å²) in [6.07, 6.45) is 4.02. The molecule has 0 saturated heterocycles. The minimum atomic E-state index is -1.04. The number of methoxy groups -OCH3 is 1. The van der Waals surface area contributed by atoms with Crippen LogP contribution in [0.5, 0.6) is 5.75 Å². The second-order valence-electron chi connectivity index (χ2n) is 8.80. The molecule has 7 nitrogen and oxygen atoms in total. The molecule has 176 valence electrons. The number of allylic oxidation sites excluding steroid dienone is 1. The molecule has 2 rings (SSSR count). The Morgan fingerprint density at radius 1 is 1.28 bits per heavy atom. The lowest BCUT2D eigenvalue weighted by Gasteiger charge is -2.38. The molecule has 1 aromatic rings. The average molecular weight is 446 g/mol. The summed E-state index contributed by atoms with van der Waals surface area (Å²) in [6.45, 7) is 9.37. The molecule has 0 aromatic heterocycles. The molecule has 0 bridgehead atoms. The molecule has 1 N–H and O–H groups in total. The number of hydrogen-bond donors (Lipinski definition) is 1. The molecule has 32 heavy (non-hydrogen) atoms. The molecule has 0 heterocycles. The quantitative estimate of drug-likeness (QED) is 0.448. The van der Waals surface area contributed by atoms with Crippen LogP contribution in [0.2, 0.25) is 0 Å². The molecular formula is C25H35NO6. The zero-order chi connectivity index (χ0) is 23.7. The molecule has 7 heteroatoms. The third-order valence-electron chi connectivity index (χ3n) is 5.07. The standard InChI is InChI=1S/C25H35NO6/c1-6-15-31-23(28)16-22(27)20-9-7-8-10-21(20)26(24(29)32-25(2,3)4)17-18-11-13-19(30-5)14-12-18/h6,9,11-14,21-22,27H,1,7-8,10,15-17H2,2-5H3/t21-,22?/m0/s1. The SMILES string of the molecule is C=CCOC(=O)CC(O)C1=CCCC[C@@H]1N(Cc1ccc(OC)cc1)C(=O)OC(C)(C)C. The number of aliphatic hydroxyl groups excluding tert-OH is 1. The van der Waals surface area contributed by atoms with Gasteiger partial charge in [0.1, 0.15) is 18.0 Å². The monoisotopic (exact) mass is 445 g/mol. The summed E-state index contributed by atoms with van der Waals surface area (Å²) in [5, 5.41) is 10.8. The molecule has 1 aliphatic rings. The summed E-state index contributed by atoms with van der Waals surface area (Å²) >= 11 is 0. The van der Waals surface area contributed by atoms with Crippen molar-refractivity contribution in [3.63, 3.8) is 0 Å². The summed E-state index contributed by atoms with van der Waals surface area (Å²) in [5.74, 6) is 0.214. The molecule has 0 fully saturated rings. The molecule has 0 radical (unpaired) electrons. The van der Waals surface area contributed by atoms with E-state index in [0.29, 0.717) is 18.5 Å². The molecule has 0 saturated carbocycles.